The van der Waals surface area contributed by atoms with Crippen molar-refractivity contribution in [1.29, 1.82) is 0 Å². The van der Waals surface area contributed by atoms with Crippen LogP contribution in [0.3, 0.4) is 0 Å². The lowest BCUT2D eigenvalue weighted by Gasteiger charge is -2.28. The number of fused-ring (bicyclic) bond motifs is 1. The fourth-order valence-corrected chi connectivity index (χ4v) is 4.94. The molecule has 27 heavy (non-hydrogen) atoms. The molecular weight excluding hydrogens is 394 g/mol. The number of nitrogens with zero attached hydrogens (tertiary/aromatic N) is 1. The number of aliphatic carboxylic acids is 1. The maximum atomic E-state index is 12.6. The molecule has 0 radical (unpaired) electrons. The van der Waals surface area contributed by atoms with Gasteiger partial charge in [-0.25, -0.2) is 13.2 Å². The molecule has 0 spiro atoms. The Balaban J connectivity index is 2.23. The highest BCUT2D eigenvalue weighted by atomic mass is 32.2. The second-order valence-corrected chi connectivity index (χ2v) is 9.29. The minimum Gasteiger partial charge on any atom is -0.476 e. The van der Waals surface area contributed by atoms with Crippen LogP contribution >= 0.6 is 0 Å². The number of aryl methyl sites for hydroxylation is 1. The van der Waals surface area contributed by atoms with E-state index in [9.17, 15) is 26.7 Å². The van der Waals surface area contributed by atoms with E-state index in [-0.39, 0.29) is 15.4 Å². The lowest BCUT2D eigenvalue weighted by molar-refractivity contribution is -0.133. The molecular formula is C17H15NO7S2. The van der Waals surface area contributed by atoms with Crippen LogP contribution in [0.2, 0.25) is 0 Å². The molecule has 1 N–H and O–H groups in total. The Hall–Kier alpha value is -2.85. The van der Waals surface area contributed by atoms with E-state index in [1.165, 1.54) is 36.4 Å². The fourth-order valence-electron chi connectivity index (χ4n) is 2.60. The number of carboxylic acids is 1. The lowest BCUT2D eigenvalue weighted by Crippen LogP contribution is -2.35. The zero-order valence-corrected chi connectivity index (χ0v) is 15.9. The quantitative estimate of drug-likeness (QED) is 0.765. The van der Waals surface area contributed by atoms with E-state index in [2.05, 4.69) is 0 Å². The van der Waals surface area contributed by atoms with Gasteiger partial charge in [0, 0.05) is 12.6 Å². The van der Waals surface area contributed by atoms with E-state index in [1.807, 2.05) is 0 Å². The summed E-state index contributed by atoms with van der Waals surface area (Å²) in [4.78, 5) is 11.3. The average molecular weight is 409 g/mol. The number of carbonyl (C=O) groups is 1. The van der Waals surface area contributed by atoms with Crippen LogP contribution in [0.5, 0.6) is 0 Å². The standard InChI is InChI=1S/C17H15NO7S2/c1-11-7-9-12(10-8-11)27(23,24)25-16-13-5-3-4-6-14(13)26(21,22)18(2)15(16)17(19)20/h3-10H,1-2H3,(H,19,20). The van der Waals surface area contributed by atoms with Gasteiger partial charge in [-0.1, -0.05) is 29.8 Å². The average Bonchev–Trinajstić information content (AvgIpc) is 2.60. The summed E-state index contributed by atoms with van der Waals surface area (Å²) in [5, 5.41) is 9.50. The van der Waals surface area contributed by atoms with Crippen molar-refractivity contribution in [1.82, 2.24) is 4.31 Å². The van der Waals surface area contributed by atoms with Crippen molar-refractivity contribution < 1.29 is 30.9 Å². The van der Waals surface area contributed by atoms with Crippen LogP contribution in [0.25, 0.3) is 5.76 Å². The van der Waals surface area contributed by atoms with Crippen molar-refractivity contribution in [2.75, 3.05) is 7.05 Å². The largest absolute Gasteiger partial charge is 0.476 e. The predicted octanol–water partition coefficient (Wildman–Crippen LogP) is 1.79. The van der Waals surface area contributed by atoms with Crippen molar-refractivity contribution in [2.45, 2.75) is 16.7 Å². The van der Waals surface area contributed by atoms with Crippen molar-refractivity contribution in [3.63, 3.8) is 0 Å². The summed E-state index contributed by atoms with van der Waals surface area (Å²) in [6.45, 7) is 1.78. The number of sulfonamides is 1. The van der Waals surface area contributed by atoms with Gasteiger partial charge in [-0.2, -0.15) is 8.42 Å². The molecule has 142 valence electrons. The molecule has 8 nitrogen and oxygen atoms in total. The third-order valence-electron chi connectivity index (χ3n) is 4.01. The zero-order valence-electron chi connectivity index (χ0n) is 14.3. The molecule has 3 rings (SSSR count). The minimum absolute atomic E-state index is 0.135. The maximum Gasteiger partial charge on any atom is 0.357 e. The van der Waals surface area contributed by atoms with E-state index >= 15 is 0 Å². The van der Waals surface area contributed by atoms with E-state index in [0.717, 1.165) is 12.6 Å². The van der Waals surface area contributed by atoms with Crippen molar-refractivity contribution >= 4 is 31.9 Å². The van der Waals surface area contributed by atoms with Gasteiger partial charge in [-0.05, 0) is 31.2 Å². The first-order valence-corrected chi connectivity index (χ1v) is 10.5. The van der Waals surface area contributed by atoms with Gasteiger partial charge in [0.1, 0.15) is 4.90 Å². The highest BCUT2D eigenvalue weighted by molar-refractivity contribution is 7.89. The van der Waals surface area contributed by atoms with Crippen LogP contribution in [0, 0.1) is 6.92 Å². The summed E-state index contributed by atoms with van der Waals surface area (Å²) >= 11 is 0. The monoisotopic (exact) mass is 409 g/mol. The Bertz CT molecular complexity index is 1160. The first kappa shape index (κ1) is 18.9. The fraction of sp³-hybridized carbons (Fsp3) is 0.118. The SMILES string of the molecule is Cc1ccc(S(=O)(=O)OC2=C(C(=O)O)N(C)S(=O)(=O)c3ccccc32)cc1. The summed E-state index contributed by atoms with van der Waals surface area (Å²) < 4.78 is 56.0. The van der Waals surface area contributed by atoms with E-state index in [1.54, 1.807) is 19.1 Å². The van der Waals surface area contributed by atoms with E-state index in [4.69, 9.17) is 4.18 Å². The summed E-state index contributed by atoms with van der Waals surface area (Å²) in [6, 6.07) is 11.2. The molecule has 0 bridgehead atoms. The second kappa shape index (κ2) is 6.39. The smallest absolute Gasteiger partial charge is 0.357 e. The van der Waals surface area contributed by atoms with Gasteiger partial charge < -0.3 is 9.29 Å². The normalized spacial score (nSPS) is 16.0. The number of likely N-dealkylation sites (N-methyl/N-ethyl adjacent to an activating group) is 1. The Morgan fingerprint density at radius 2 is 1.67 bits per heavy atom. The van der Waals surface area contributed by atoms with Gasteiger partial charge in [-0.3, -0.25) is 4.31 Å². The van der Waals surface area contributed by atoms with Crippen LogP contribution in [0.4, 0.5) is 0 Å². The molecule has 0 unspecified atom stereocenters. The molecule has 0 fully saturated rings. The molecule has 2 aromatic rings. The Kier molecular flexibility index (Phi) is 4.48. The number of hydrogen-bond acceptors (Lipinski definition) is 6. The van der Waals surface area contributed by atoms with Crippen LogP contribution in [0.15, 0.2) is 64.0 Å². The van der Waals surface area contributed by atoms with Gasteiger partial charge in [0.2, 0.25) is 0 Å². The Morgan fingerprint density at radius 1 is 1.07 bits per heavy atom. The van der Waals surface area contributed by atoms with Crippen LogP contribution in [-0.4, -0.2) is 39.3 Å². The molecule has 1 aliphatic rings. The van der Waals surface area contributed by atoms with Crippen LogP contribution in [-0.2, 0) is 29.1 Å². The zero-order chi connectivity index (χ0) is 20.0. The second-order valence-electron chi connectivity index (χ2n) is 5.80. The minimum atomic E-state index is -4.39. The number of hydrogen-bond donors (Lipinski definition) is 1. The lowest BCUT2D eigenvalue weighted by atomic mass is 10.1. The summed E-state index contributed by atoms with van der Waals surface area (Å²) in [5.41, 5.74) is -0.0960. The molecule has 1 aliphatic heterocycles. The van der Waals surface area contributed by atoms with E-state index < -0.39 is 37.6 Å². The maximum absolute atomic E-state index is 12.6. The van der Waals surface area contributed by atoms with Gasteiger partial charge in [0.05, 0.1) is 4.90 Å². The summed E-state index contributed by atoms with van der Waals surface area (Å²) in [6.07, 6.45) is 0. The van der Waals surface area contributed by atoms with E-state index in [0.29, 0.717) is 4.31 Å². The molecule has 2 aromatic carbocycles. The molecule has 0 atom stereocenters. The van der Waals surface area contributed by atoms with Crippen LogP contribution < -0.4 is 0 Å². The third-order valence-corrected chi connectivity index (χ3v) is 7.06. The van der Waals surface area contributed by atoms with Gasteiger partial charge in [-0.15, -0.1) is 0 Å². The predicted molar refractivity (Wildman–Crippen MR) is 95.4 cm³/mol. The molecule has 0 saturated carbocycles. The molecule has 10 heteroatoms. The van der Waals surface area contributed by atoms with Crippen LogP contribution in [0.1, 0.15) is 11.1 Å². The summed E-state index contributed by atoms with van der Waals surface area (Å²) in [5.74, 6) is -2.19. The number of benzene rings is 2. The molecule has 0 aliphatic carbocycles. The highest BCUT2D eigenvalue weighted by Crippen LogP contribution is 2.38. The van der Waals surface area contributed by atoms with Crippen molar-refractivity contribution in [3.8, 4) is 0 Å². The number of carboxylic acid groups (broad SMARTS) is 1. The van der Waals surface area contributed by atoms with Gasteiger partial charge in [0.25, 0.3) is 10.0 Å². The van der Waals surface area contributed by atoms with Crippen molar-refractivity contribution in [2.24, 2.45) is 0 Å². The van der Waals surface area contributed by atoms with Gasteiger partial charge >= 0.3 is 16.1 Å². The first-order chi connectivity index (χ1) is 12.6. The first-order valence-electron chi connectivity index (χ1n) is 7.63. The van der Waals surface area contributed by atoms with Crippen molar-refractivity contribution in [3.05, 3.63) is 65.4 Å². The number of rotatable bonds is 4. The molecule has 0 saturated heterocycles. The molecule has 0 aromatic heterocycles. The topological polar surface area (TPSA) is 118 Å². The Morgan fingerprint density at radius 3 is 2.26 bits per heavy atom. The molecule has 0 amide bonds. The third kappa shape index (κ3) is 3.17. The highest BCUT2D eigenvalue weighted by Gasteiger charge is 2.40. The summed E-state index contributed by atoms with van der Waals surface area (Å²) in [7, 11) is -7.52. The van der Waals surface area contributed by atoms with Gasteiger partial charge in [0.15, 0.2) is 11.5 Å². The molecule has 1 heterocycles. The Labute approximate surface area is 156 Å².